The van der Waals surface area contributed by atoms with Gasteiger partial charge in [0.2, 0.25) is 5.91 Å². The summed E-state index contributed by atoms with van der Waals surface area (Å²) in [4.78, 5) is 14.0. The van der Waals surface area contributed by atoms with Gasteiger partial charge in [0.25, 0.3) is 0 Å². The topological polar surface area (TPSA) is 32.3 Å². The molecule has 1 saturated heterocycles. The van der Waals surface area contributed by atoms with Crippen molar-refractivity contribution in [3.05, 3.63) is 35.4 Å². The second kappa shape index (κ2) is 6.40. The van der Waals surface area contributed by atoms with E-state index < -0.39 is 0 Å². The lowest BCUT2D eigenvalue weighted by Gasteiger charge is -2.25. The Balaban J connectivity index is 2.11. The number of carbonyl (C=O) groups excluding carboxylic acids is 1. The van der Waals surface area contributed by atoms with Crippen molar-refractivity contribution in [2.75, 3.05) is 13.1 Å². The Labute approximate surface area is 122 Å². The number of rotatable bonds is 5. The molecular formula is C17H26N2O. The van der Waals surface area contributed by atoms with E-state index in [-0.39, 0.29) is 12.1 Å². The molecule has 0 aliphatic carbocycles. The highest BCUT2D eigenvalue weighted by molar-refractivity contribution is 5.80. The van der Waals surface area contributed by atoms with Crippen LogP contribution < -0.4 is 5.32 Å². The maximum absolute atomic E-state index is 12.0. The zero-order valence-corrected chi connectivity index (χ0v) is 13.0. The summed E-state index contributed by atoms with van der Waals surface area (Å²) < 4.78 is 0. The molecule has 0 radical (unpaired) electrons. The number of hydrogen-bond donors (Lipinski definition) is 1. The van der Waals surface area contributed by atoms with Crippen LogP contribution in [0.5, 0.6) is 0 Å². The molecule has 1 heterocycles. The van der Waals surface area contributed by atoms with E-state index in [0.29, 0.717) is 18.4 Å². The van der Waals surface area contributed by atoms with E-state index in [2.05, 4.69) is 57.3 Å². The van der Waals surface area contributed by atoms with Crippen LogP contribution in [0.25, 0.3) is 0 Å². The Hall–Kier alpha value is -1.35. The van der Waals surface area contributed by atoms with Crippen molar-refractivity contribution in [1.29, 1.82) is 0 Å². The first-order chi connectivity index (χ1) is 9.49. The Morgan fingerprint density at radius 1 is 1.20 bits per heavy atom. The third kappa shape index (κ3) is 3.40. The van der Waals surface area contributed by atoms with E-state index in [4.69, 9.17) is 0 Å². The molecule has 0 saturated carbocycles. The van der Waals surface area contributed by atoms with E-state index in [1.54, 1.807) is 0 Å². The van der Waals surface area contributed by atoms with Crippen molar-refractivity contribution in [3.8, 4) is 0 Å². The smallest absolute Gasteiger partial charge is 0.238 e. The SMILES string of the molecule is CC(C)CCN1C(=O)CNC1c1ccc(C(C)C)cc1. The molecule has 1 aliphatic heterocycles. The average molecular weight is 274 g/mol. The molecule has 0 aromatic heterocycles. The second-order valence-electron chi connectivity index (χ2n) is 6.37. The fourth-order valence-corrected chi connectivity index (χ4v) is 2.55. The highest BCUT2D eigenvalue weighted by atomic mass is 16.2. The van der Waals surface area contributed by atoms with Gasteiger partial charge in [0, 0.05) is 6.54 Å². The summed E-state index contributed by atoms with van der Waals surface area (Å²) in [5.41, 5.74) is 2.52. The molecule has 110 valence electrons. The minimum absolute atomic E-state index is 0.0439. The molecule has 1 fully saturated rings. The van der Waals surface area contributed by atoms with Crippen LogP contribution in [0.1, 0.15) is 57.3 Å². The van der Waals surface area contributed by atoms with Gasteiger partial charge in [-0.1, -0.05) is 52.0 Å². The van der Waals surface area contributed by atoms with E-state index in [0.717, 1.165) is 13.0 Å². The quantitative estimate of drug-likeness (QED) is 0.893. The Bertz CT molecular complexity index is 451. The van der Waals surface area contributed by atoms with Gasteiger partial charge >= 0.3 is 0 Å². The van der Waals surface area contributed by atoms with Crippen LogP contribution in [0, 0.1) is 5.92 Å². The second-order valence-corrected chi connectivity index (χ2v) is 6.37. The van der Waals surface area contributed by atoms with Crippen LogP contribution >= 0.6 is 0 Å². The van der Waals surface area contributed by atoms with Gasteiger partial charge in [0.1, 0.15) is 6.17 Å². The van der Waals surface area contributed by atoms with Crippen LogP contribution in [0.15, 0.2) is 24.3 Å². The van der Waals surface area contributed by atoms with E-state index in [1.807, 2.05) is 4.90 Å². The maximum atomic E-state index is 12.0. The molecule has 1 unspecified atom stereocenters. The summed E-state index contributed by atoms with van der Waals surface area (Å²) in [5.74, 6) is 1.37. The molecule has 20 heavy (non-hydrogen) atoms. The molecule has 1 atom stereocenters. The highest BCUT2D eigenvalue weighted by Gasteiger charge is 2.31. The van der Waals surface area contributed by atoms with Crippen LogP contribution in [-0.2, 0) is 4.79 Å². The van der Waals surface area contributed by atoms with Crippen LogP contribution in [-0.4, -0.2) is 23.9 Å². The van der Waals surface area contributed by atoms with Crippen molar-refractivity contribution in [2.45, 2.75) is 46.2 Å². The molecule has 3 nitrogen and oxygen atoms in total. The Morgan fingerprint density at radius 2 is 1.85 bits per heavy atom. The molecule has 3 heteroatoms. The van der Waals surface area contributed by atoms with E-state index in [1.165, 1.54) is 11.1 Å². The summed E-state index contributed by atoms with van der Waals surface area (Å²) in [5, 5.41) is 3.32. The van der Waals surface area contributed by atoms with Crippen molar-refractivity contribution in [3.63, 3.8) is 0 Å². The van der Waals surface area contributed by atoms with Crippen LogP contribution in [0.4, 0.5) is 0 Å². The standard InChI is InChI=1S/C17H26N2O/c1-12(2)9-10-19-16(20)11-18-17(19)15-7-5-14(6-8-15)13(3)4/h5-8,12-13,17-18H,9-11H2,1-4H3. The van der Waals surface area contributed by atoms with Gasteiger partial charge in [0.15, 0.2) is 0 Å². The Kier molecular flexibility index (Phi) is 4.81. The van der Waals surface area contributed by atoms with Crippen molar-refractivity contribution < 1.29 is 4.79 Å². The summed E-state index contributed by atoms with van der Waals surface area (Å²) in [6.07, 6.45) is 1.09. The molecule has 1 aromatic carbocycles. The van der Waals surface area contributed by atoms with E-state index >= 15 is 0 Å². The lowest BCUT2D eigenvalue weighted by Crippen LogP contribution is -2.31. The molecule has 1 N–H and O–H groups in total. The first kappa shape index (κ1) is 15.0. The van der Waals surface area contributed by atoms with Crippen LogP contribution in [0.3, 0.4) is 0 Å². The predicted octanol–water partition coefficient (Wildman–Crippen LogP) is 3.29. The zero-order valence-electron chi connectivity index (χ0n) is 13.0. The third-order valence-electron chi connectivity index (χ3n) is 3.94. The number of nitrogens with zero attached hydrogens (tertiary/aromatic N) is 1. The maximum Gasteiger partial charge on any atom is 0.238 e. The lowest BCUT2D eigenvalue weighted by atomic mass is 10.0. The largest absolute Gasteiger partial charge is 0.322 e. The first-order valence-corrected chi connectivity index (χ1v) is 7.61. The van der Waals surface area contributed by atoms with Gasteiger partial charge in [0.05, 0.1) is 6.54 Å². The van der Waals surface area contributed by atoms with Gasteiger partial charge < -0.3 is 4.90 Å². The molecule has 1 aliphatic rings. The van der Waals surface area contributed by atoms with Gasteiger partial charge in [-0.2, -0.15) is 0 Å². The van der Waals surface area contributed by atoms with Crippen LogP contribution in [0.2, 0.25) is 0 Å². The fourth-order valence-electron chi connectivity index (χ4n) is 2.55. The number of nitrogens with one attached hydrogen (secondary N) is 1. The normalized spacial score (nSPS) is 19.4. The highest BCUT2D eigenvalue weighted by Crippen LogP contribution is 2.25. The minimum atomic E-state index is 0.0439. The van der Waals surface area contributed by atoms with Crippen molar-refractivity contribution in [1.82, 2.24) is 10.2 Å². The average Bonchev–Trinajstić information content (AvgIpc) is 2.77. The molecule has 1 aromatic rings. The molecule has 2 rings (SSSR count). The van der Waals surface area contributed by atoms with Gasteiger partial charge in [-0.15, -0.1) is 0 Å². The van der Waals surface area contributed by atoms with Crippen molar-refractivity contribution >= 4 is 5.91 Å². The van der Waals surface area contributed by atoms with Gasteiger partial charge in [-0.25, -0.2) is 0 Å². The predicted molar refractivity (Wildman–Crippen MR) is 82.4 cm³/mol. The number of hydrogen-bond acceptors (Lipinski definition) is 2. The minimum Gasteiger partial charge on any atom is -0.322 e. The van der Waals surface area contributed by atoms with E-state index in [9.17, 15) is 4.79 Å². The summed E-state index contributed by atoms with van der Waals surface area (Å²) in [6.45, 7) is 10.1. The summed E-state index contributed by atoms with van der Waals surface area (Å²) in [7, 11) is 0. The third-order valence-corrected chi connectivity index (χ3v) is 3.94. The number of amides is 1. The lowest BCUT2D eigenvalue weighted by molar-refractivity contribution is -0.128. The van der Waals surface area contributed by atoms with Gasteiger partial charge in [-0.05, 0) is 29.4 Å². The number of carbonyl (C=O) groups is 1. The monoisotopic (exact) mass is 274 g/mol. The Morgan fingerprint density at radius 3 is 2.40 bits per heavy atom. The van der Waals surface area contributed by atoms with Crippen molar-refractivity contribution in [2.24, 2.45) is 5.92 Å². The van der Waals surface area contributed by atoms with Gasteiger partial charge in [-0.3, -0.25) is 10.1 Å². The molecular weight excluding hydrogens is 248 g/mol. The number of benzene rings is 1. The summed E-state index contributed by atoms with van der Waals surface area (Å²) in [6, 6.07) is 8.64. The molecule has 1 amide bonds. The molecule has 0 spiro atoms. The molecule has 0 bridgehead atoms. The fraction of sp³-hybridized carbons (Fsp3) is 0.588. The first-order valence-electron chi connectivity index (χ1n) is 7.61. The summed E-state index contributed by atoms with van der Waals surface area (Å²) >= 11 is 0. The zero-order chi connectivity index (χ0) is 14.7.